The number of halogens is 1. The van der Waals surface area contributed by atoms with Crippen molar-refractivity contribution in [1.29, 1.82) is 0 Å². The highest BCUT2D eigenvalue weighted by Gasteiger charge is 2.21. The first-order valence-electron chi connectivity index (χ1n) is 7.47. The molecule has 2 aromatic carbocycles. The van der Waals surface area contributed by atoms with Gasteiger partial charge >= 0.3 is 0 Å². The van der Waals surface area contributed by atoms with Crippen LogP contribution in [0, 0.1) is 0 Å². The molecule has 0 bridgehead atoms. The molecule has 2 rings (SSSR count). The van der Waals surface area contributed by atoms with E-state index in [1.54, 1.807) is 19.1 Å². The molecule has 0 heterocycles. The minimum absolute atomic E-state index is 0.101. The van der Waals surface area contributed by atoms with E-state index in [1.807, 2.05) is 12.1 Å². The van der Waals surface area contributed by atoms with E-state index in [0.717, 1.165) is 5.56 Å². The number of hydrogen-bond donors (Lipinski definition) is 2. The molecule has 2 N–H and O–H groups in total. The zero-order valence-corrected chi connectivity index (χ0v) is 15.6. The zero-order chi connectivity index (χ0) is 18.6. The van der Waals surface area contributed by atoms with Gasteiger partial charge in [0, 0.05) is 10.6 Å². The molecule has 8 heteroatoms. The molecule has 0 aliphatic rings. The van der Waals surface area contributed by atoms with Crippen LogP contribution in [0.4, 0.5) is 0 Å². The predicted molar refractivity (Wildman–Crippen MR) is 96.6 cm³/mol. The largest absolute Gasteiger partial charge is 0.495 e. The summed E-state index contributed by atoms with van der Waals surface area (Å²) in [6, 6.07) is 11.1. The van der Waals surface area contributed by atoms with Crippen LogP contribution in [0.5, 0.6) is 5.75 Å². The summed E-state index contributed by atoms with van der Waals surface area (Å²) in [5.74, 6) is -0.257. The second-order valence-corrected chi connectivity index (χ2v) is 7.55. The second kappa shape index (κ2) is 7.86. The van der Waals surface area contributed by atoms with Crippen molar-refractivity contribution in [2.45, 2.75) is 17.9 Å². The summed E-state index contributed by atoms with van der Waals surface area (Å²) >= 11 is 6.14. The van der Waals surface area contributed by atoms with E-state index in [1.165, 1.54) is 32.4 Å². The fraction of sp³-hybridized carbons (Fsp3) is 0.235. The van der Waals surface area contributed by atoms with Crippen molar-refractivity contribution in [2.24, 2.45) is 0 Å². The highest BCUT2D eigenvalue weighted by molar-refractivity contribution is 7.89. The number of benzene rings is 2. The van der Waals surface area contributed by atoms with E-state index in [0.29, 0.717) is 5.02 Å². The van der Waals surface area contributed by atoms with Crippen molar-refractivity contribution in [1.82, 2.24) is 10.0 Å². The van der Waals surface area contributed by atoms with Crippen molar-refractivity contribution >= 4 is 27.5 Å². The number of rotatable bonds is 6. The van der Waals surface area contributed by atoms with Crippen molar-refractivity contribution in [3.05, 3.63) is 58.6 Å². The van der Waals surface area contributed by atoms with Gasteiger partial charge in [-0.3, -0.25) is 4.79 Å². The summed E-state index contributed by atoms with van der Waals surface area (Å²) in [5.41, 5.74) is 0.975. The Hall–Kier alpha value is -2.09. The number of carbonyl (C=O) groups is 1. The number of hydrogen-bond acceptors (Lipinski definition) is 4. The Kier molecular flexibility index (Phi) is 6.05. The first-order valence-corrected chi connectivity index (χ1v) is 9.33. The Labute approximate surface area is 152 Å². The summed E-state index contributed by atoms with van der Waals surface area (Å²) in [7, 11) is -1.10. The number of sulfonamides is 1. The van der Waals surface area contributed by atoms with Gasteiger partial charge in [0.25, 0.3) is 5.91 Å². The Balaban J connectivity index is 2.31. The van der Waals surface area contributed by atoms with Crippen LogP contribution in [-0.2, 0) is 10.0 Å². The number of ether oxygens (including phenoxy) is 1. The summed E-state index contributed by atoms with van der Waals surface area (Å²) in [6.07, 6.45) is 0. The molecule has 1 atom stereocenters. The van der Waals surface area contributed by atoms with Crippen LogP contribution < -0.4 is 14.8 Å². The molecule has 6 nitrogen and oxygen atoms in total. The average Bonchev–Trinajstić information content (AvgIpc) is 2.61. The van der Waals surface area contributed by atoms with Gasteiger partial charge in [0.1, 0.15) is 10.6 Å². The standard InChI is InChI=1S/C17H19ClN2O4S/c1-11(13-6-4-5-7-14(13)18)20-17(21)12-8-9-15(24-3)16(10-12)25(22,23)19-2/h4-11,19H,1-3H3,(H,20,21). The van der Waals surface area contributed by atoms with Gasteiger partial charge in [0.2, 0.25) is 10.0 Å². The monoisotopic (exact) mass is 382 g/mol. The summed E-state index contributed by atoms with van der Waals surface area (Å²) in [4.78, 5) is 12.4. The highest BCUT2D eigenvalue weighted by Crippen LogP contribution is 2.26. The number of carbonyl (C=O) groups excluding carboxylic acids is 1. The molecule has 0 saturated carbocycles. The SMILES string of the molecule is CNS(=O)(=O)c1cc(C(=O)NC(C)c2ccccc2Cl)ccc1OC. The fourth-order valence-electron chi connectivity index (χ4n) is 2.32. The highest BCUT2D eigenvalue weighted by atomic mass is 35.5. The maximum atomic E-state index is 12.5. The number of nitrogens with one attached hydrogen (secondary N) is 2. The Morgan fingerprint density at radius 2 is 1.88 bits per heavy atom. The van der Waals surface area contributed by atoms with Crippen LogP contribution in [0.1, 0.15) is 28.9 Å². The van der Waals surface area contributed by atoms with Crippen molar-refractivity contribution in [3.63, 3.8) is 0 Å². The molecule has 2 aromatic rings. The smallest absolute Gasteiger partial charge is 0.251 e. The van der Waals surface area contributed by atoms with Gasteiger partial charge in [-0.2, -0.15) is 0 Å². The first-order chi connectivity index (χ1) is 11.8. The van der Waals surface area contributed by atoms with E-state index >= 15 is 0 Å². The van der Waals surface area contributed by atoms with Crippen molar-refractivity contribution in [3.8, 4) is 5.75 Å². The van der Waals surface area contributed by atoms with Crippen LogP contribution in [-0.4, -0.2) is 28.5 Å². The summed E-state index contributed by atoms with van der Waals surface area (Å²) in [6.45, 7) is 1.80. The minimum atomic E-state index is -3.76. The van der Waals surface area contributed by atoms with Gasteiger partial charge in [-0.25, -0.2) is 13.1 Å². The van der Waals surface area contributed by atoms with Crippen LogP contribution in [0.25, 0.3) is 0 Å². The lowest BCUT2D eigenvalue weighted by atomic mass is 10.1. The maximum Gasteiger partial charge on any atom is 0.251 e. The lowest BCUT2D eigenvalue weighted by Crippen LogP contribution is -2.27. The molecule has 0 spiro atoms. The lowest BCUT2D eigenvalue weighted by Gasteiger charge is -2.16. The van der Waals surface area contributed by atoms with Gasteiger partial charge in [-0.05, 0) is 43.8 Å². The lowest BCUT2D eigenvalue weighted by molar-refractivity contribution is 0.0939. The average molecular weight is 383 g/mol. The van der Waals surface area contributed by atoms with E-state index in [-0.39, 0.29) is 22.3 Å². The molecule has 0 aliphatic heterocycles. The third-order valence-corrected chi connectivity index (χ3v) is 5.48. The first kappa shape index (κ1) is 19.2. The minimum Gasteiger partial charge on any atom is -0.495 e. The van der Waals surface area contributed by atoms with Gasteiger partial charge in [0.05, 0.1) is 13.2 Å². The van der Waals surface area contributed by atoms with Crippen LogP contribution in [0.2, 0.25) is 5.02 Å². The van der Waals surface area contributed by atoms with Gasteiger partial charge in [-0.15, -0.1) is 0 Å². The van der Waals surface area contributed by atoms with Crippen molar-refractivity contribution < 1.29 is 17.9 Å². The third-order valence-electron chi connectivity index (χ3n) is 3.70. The van der Waals surface area contributed by atoms with Crippen LogP contribution >= 0.6 is 11.6 Å². The predicted octanol–water partition coefficient (Wildman–Crippen LogP) is 2.75. The summed E-state index contributed by atoms with van der Waals surface area (Å²) in [5, 5.41) is 3.35. The molecule has 25 heavy (non-hydrogen) atoms. The van der Waals surface area contributed by atoms with Crippen LogP contribution in [0.15, 0.2) is 47.4 Å². The maximum absolute atomic E-state index is 12.5. The van der Waals surface area contributed by atoms with E-state index in [2.05, 4.69) is 10.0 Å². The zero-order valence-electron chi connectivity index (χ0n) is 14.0. The quantitative estimate of drug-likeness (QED) is 0.804. The second-order valence-electron chi connectivity index (χ2n) is 5.29. The molecule has 0 aliphatic carbocycles. The summed E-state index contributed by atoms with van der Waals surface area (Å²) < 4.78 is 31.5. The van der Waals surface area contributed by atoms with E-state index in [4.69, 9.17) is 16.3 Å². The number of amides is 1. The topological polar surface area (TPSA) is 84.5 Å². The molecular formula is C17H19ClN2O4S. The molecule has 0 aromatic heterocycles. The molecule has 1 unspecified atom stereocenters. The van der Waals surface area contributed by atoms with Gasteiger partial charge < -0.3 is 10.1 Å². The molecular weight excluding hydrogens is 364 g/mol. The van der Waals surface area contributed by atoms with Gasteiger partial charge in [0.15, 0.2) is 0 Å². The molecule has 1 amide bonds. The van der Waals surface area contributed by atoms with E-state index < -0.39 is 15.9 Å². The van der Waals surface area contributed by atoms with Crippen molar-refractivity contribution in [2.75, 3.05) is 14.2 Å². The fourth-order valence-corrected chi connectivity index (χ4v) is 3.54. The van der Waals surface area contributed by atoms with E-state index in [9.17, 15) is 13.2 Å². The van der Waals surface area contributed by atoms with Gasteiger partial charge in [-0.1, -0.05) is 29.8 Å². The third kappa shape index (κ3) is 4.31. The Morgan fingerprint density at radius 3 is 2.48 bits per heavy atom. The molecule has 134 valence electrons. The molecule has 0 saturated heterocycles. The molecule has 0 fully saturated rings. The Bertz CT molecular complexity index is 884. The molecule has 0 radical (unpaired) electrons. The Morgan fingerprint density at radius 1 is 1.20 bits per heavy atom. The van der Waals surface area contributed by atoms with Crippen LogP contribution in [0.3, 0.4) is 0 Å². The number of methoxy groups -OCH3 is 1. The normalized spacial score (nSPS) is 12.5.